The number of fused-ring (bicyclic) bond motifs is 1. The second kappa shape index (κ2) is 6.20. The molecule has 1 heterocycles. The normalized spacial score (nSPS) is 13.5. The molecule has 1 amide bonds. The Balaban J connectivity index is 1.84. The van der Waals surface area contributed by atoms with Crippen molar-refractivity contribution in [2.24, 2.45) is 0 Å². The summed E-state index contributed by atoms with van der Waals surface area (Å²) in [6.07, 6.45) is 0. The van der Waals surface area contributed by atoms with Gasteiger partial charge in [-0.25, -0.2) is 0 Å². The van der Waals surface area contributed by atoms with Crippen LogP contribution in [0.15, 0.2) is 42.5 Å². The van der Waals surface area contributed by atoms with Gasteiger partial charge in [-0.05, 0) is 31.2 Å². The minimum absolute atomic E-state index is 0.0818. The summed E-state index contributed by atoms with van der Waals surface area (Å²) >= 11 is 0. The number of nitrogens with zero attached hydrogens (tertiary/aromatic N) is 1. The molecule has 1 aliphatic rings. The molecular formula is C18H19NO4. The fraction of sp³-hybridized carbons (Fsp3) is 0.278. The van der Waals surface area contributed by atoms with Gasteiger partial charge in [0.2, 0.25) is 6.79 Å². The predicted molar refractivity (Wildman–Crippen MR) is 86.1 cm³/mol. The highest BCUT2D eigenvalue weighted by Crippen LogP contribution is 2.34. The van der Waals surface area contributed by atoms with Gasteiger partial charge in [-0.2, -0.15) is 0 Å². The van der Waals surface area contributed by atoms with E-state index in [0.717, 1.165) is 11.3 Å². The molecule has 5 nitrogen and oxygen atoms in total. The van der Waals surface area contributed by atoms with E-state index in [1.807, 2.05) is 31.2 Å². The first-order valence-corrected chi connectivity index (χ1v) is 7.41. The molecule has 2 aromatic carbocycles. The van der Waals surface area contributed by atoms with Crippen LogP contribution in [0, 0.1) is 0 Å². The number of carbonyl (C=O) groups excluding carboxylic acids is 1. The lowest BCUT2D eigenvalue weighted by atomic mass is 10.0. The predicted octanol–water partition coefficient (Wildman–Crippen LogP) is 3.26. The van der Waals surface area contributed by atoms with E-state index in [2.05, 4.69) is 0 Å². The number of hydrogen-bond donors (Lipinski definition) is 0. The standard InChI is InChI=1S/C18H19NO4/c1-12(14-6-4-5-7-15(14)21-3)19(2)18(20)13-8-9-16-17(10-13)23-11-22-16/h4-10,12H,11H2,1-3H3. The highest BCUT2D eigenvalue weighted by molar-refractivity contribution is 5.95. The summed E-state index contributed by atoms with van der Waals surface area (Å²) in [6, 6.07) is 12.8. The van der Waals surface area contributed by atoms with Crippen molar-refractivity contribution in [3.05, 3.63) is 53.6 Å². The molecule has 0 fully saturated rings. The Bertz CT molecular complexity index is 729. The largest absolute Gasteiger partial charge is 0.496 e. The maximum Gasteiger partial charge on any atom is 0.254 e. The third-order valence-corrected chi connectivity index (χ3v) is 4.11. The van der Waals surface area contributed by atoms with E-state index < -0.39 is 0 Å². The first kappa shape index (κ1) is 15.2. The molecule has 5 heteroatoms. The molecule has 3 rings (SSSR count). The fourth-order valence-corrected chi connectivity index (χ4v) is 2.63. The molecule has 0 aliphatic carbocycles. The molecule has 1 aliphatic heterocycles. The van der Waals surface area contributed by atoms with Crippen molar-refractivity contribution in [1.29, 1.82) is 0 Å². The van der Waals surface area contributed by atoms with Crippen molar-refractivity contribution < 1.29 is 19.0 Å². The summed E-state index contributed by atoms with van der Waals surface area (Å²) in [5.74, 6) is 1.96. The van der Waals surface area contributed by atoms with Gasteiger partial charge in [0.25, 0.3) is 5.91 Å². The Hall–Kier alpha value is -2.69. The van der Waals surface area contributed by atoms with Gasteiger partial charge in [0.15, 0.2) is 11.5 Å². The van der Waals surface area contributed by atoms with Gasteiger partial charge in [0.05, 0.1) is 13.2 Å². The van der Waals surface area contributed by atoms with Gasteiger partial charge < -0.3 is 19.1 Å². The van der Waals surface area contributed by atoms with Crippen molar-refractivity contribution in [1.82, 2.24) is 4.90 Å². The van der Waals surface area contributed by atoms with Gasteiger partial charge >= 0.3 is 0 Å². The second-order valence-corrected chi connectivity index (χ2v) is 5.40. The lowest BCUT2D eigenvalue weighted by Crippen LogP contribution is -2.29. The fourth-order valence-electron chi connectivity index (χ4n) is 2.63. The molecule has 0 spiro atoms. The molecule has 0 bridgehead atoms. The number of methoxy groups -OCH3 is 1. The average molecular weight is 313 g/mol. The Morgan fingerprint density at radius 1 is 1.17 bits per heavy atom. The number of hydrogen-bond acceptors (Lipinski definition) is 4. The average Bonchev–Trinajstić information content (AvgIpc) is 3.07. The summed E-state index contributed by atoms with van der Waals surface area (Å²) in [5.41, 5.74) is 1.53. The van der Waals surface area contributed by atoms with E-state index in [4.69, 9.17) is 14.2 Å². The summed E-state index contributed by atoms with van der Waals surface area (Å²) in [5, 5.41) is 0. The van der Waals surface area contributed by atoms with E-state index in [-0.39, 0.29) is 18.7 Å². The zero-order valence-electron chi connectivity index (χ0n) is 13.4. The van der Waals surface area contributed by atoms with E-state index >= 15 is 0 Å². The van der Waals surface area contributed by atoms with Gasteiger partial charge in [-0.1, -0.05) is 18.2 Å². The number of carbonyl (C=O) groups is 1. The first-order valence-electron chi connectivity index (χ1n) is 7.41. The van der Waals surface area contributed by atoms with E-state index in [9.17, 15) is 4.79 Å². The van der Waals surface area contributed by atoms with Crippen molar-refractivity contribution in [3.8, 4) is 17.2 Å². The molecule has 0 saturated carbocycles. The molecule has 120 valence electrons. The summed E-state index contributed by atoms with van der Waals surface area (Å²) in [4.78, 5) is 14.4. The Kier molecular flexibility index (Phi) is 4.10. The van der Waals surface area contributed by atoms with Gasteiger partial charge in [0, 0.05) is 18.2 Å². The van der Waals surface area contributed by atoms with Crippen LogP contribution in [0.4, 0.5) is 0 Å². The number of ether oxygens (including phenoxy) is 3. The van der Waals surface area contributed by atoms with Gasteiger partial charge in [-0.3, -0.25) is 4.79 Å². The van der Waals surface area contributed by atoms with Gasteiger partial charge in [-0.15, -0.1) is 0 Å². The van der Waals surface area contributed by atoms with E-state index in [0.29, 0.717) is 17.1 Å². The third kappa shape index (κ3) is 2.82. The summed E-state index contributed by atoms with van der Waals surface area (Å²) in [7, 11) is 3.41. The molecule has 2 aromatic rings. The van der Waals surface area contributed by atoms with Crippen molar-refractivity contribution in [3.63, 3.8) is 0 Å². The van der Waals surface area contributed by atoms with Crippen LogP contribution in [-0.2, 0) is 0 Å². The number of rotatable bonds is 4. The molecule has 0 radical (unpaired) electrons. The molecule has 0 aromatic heterocycles. The van der Waals surface area contributed by atoms with Crippen LogP contribution >= 0.6 is 0 Å². The summed E-state index contributed by atoms with van der Waals surface area (Å²) in [6.45, 7) is 2.17. The maximum absolute atomic E-state index is 12.7. The lowest BCUT2D eigenvalue weighted by Gasteiger charge is -2.26. The van der Waals surface area contributed by atoms with Crippen LogP contribution in [0.5, 0.6) is 17.2 Å². The summed E-state index contributed by atoms with van der Waals surface area (Å²) < 4.78 is 16.0. The molecule has 23 heavy (non-hydrogen) atoms. The van der Waals surface area contributed by atoms with Gasteiger partial charge in [0.1, 0.15) is 5.75 Å². The Morgan fingerprint density at radius 2 is 1.91 bits per heavy atom. The Morgan fingerprint density at radius 3 is 2.70 bits per heavy atom. The van der Waals surface area contributed by atoms with Crippen LogP contribution in [0.1, 0.15) is 28.9 Å². The smallest absolute Gasteiger partial charge is 0.254 e. The molecule has 0 saturated heterocycles. The first-order chi connectivity index (χ1) is 11.1. The van der Waals surface area contributed by atoms with Crippen LogP contribution in [0.2, 0.25) is 0 Å². The van der Waals surface area contributed by atoms with E-state index in [1.165, 1.54) is 0 Å². The number of para-hydroxylation sites is 1. The van der Waals surface area contributed by atoms with Crippen molar-refractivity contribution >= 4 is 5.91 Å². The minimum atomic E-state index is -0.121. The quantitative estimate of drug-likeness (QED) is 0.869. The Labute approximate surface area is 135 Å². The lowest BCUT2D eigenvalue weighted by molar-refractivity contribution is 0.0740. The van der Waals surface area contributed by atoms with Crippen LogP contribution in [-0.4, -0.2) is 31.8 Å². The second-order valence-electron chi connectivity index (χ2n) is 5.40. The zero-order chi connectivity index (χ0) is 16.4. The molecule has 0 N–H and O–H groups in total. The van der Waals surface area contributed by atoms with Crippen molar-refractivity contribution in [2.45, 2.75) is 13.0 Å². The SMILES string of the molecule is COc1ccccc1C(C)N(C)C(=O)c1ccc2c(c1)OCO2. The molecule has 1 atom stereocenters. The molecular weight excluding hydrogens is 294 g/mol. The van der Waals surface area contributed by atoms with Crippen LogP contribution < -0.4 is 14.2 Å². The highest BCUT2D eigenvalue weighted by atomic mass is 16.7. The monoisotopic (exact) mass is 313 g/mol. The van der Waals surface area contributed by atoms with Crippen LogP contribution in [0.3, 0.4) is 0 Å². The molecule has 1 unspecified atom stereocenters. The highest BCUT2D eigenvalue weighted by Gasteiger charge is 2.23. The topological polar surface area (TPSA) is 48.0 Å². The van der Waals surface area contributed by atoms with Crippen LogP contribution in [0.25, 0.3) is 0 Å². The zero-order valence-corrected chi connectivity index (χ0v) is 13.4. The number of amides is 1. The minimum Gasteiger partial charge on any atom is -0.496 e. The third-order valence-electron chi connectivity index (χ3n) is 4.11. The maximum atomic E-state index is 12.7. The van der Waals surface area contributed by atoms with Crippen molar-refractivity contribution in [2.75, 3.05) is 21.0 Å². The number of benzene rings is 2. The van der Waals surface area contributed by atoms with E-state index in [1.54, 1.807) is 37.3 Å².